The van der Waals surface area contributed by atoms with Crippen molar-refractivity contribution in [2.24, 2.45) is 5.92 Å². The topological polar surface area (TPSA) is 80.8 Å². The van der Waals surface area contributed by atoms with Gasteiger partial charge in [-0.3, -0.25) is 0 Å². The normalized spacial score (nSPS) is 9.32. The summed E-state index contributed by atoms with van der Waals surface area (Å²) in [5.41, 5.74) is 0.540. The zero-order valence-electron chi connectivity index (χ0n) is 18.4. The number of rotatable bonds is 12. The molecule has 0 spiro atoms. The Morgan fingerprint density at radius 1 is 0.929 bits per heavy atom. The van der Waals surface area contributed by atoms with Crippen molar-refractivity contribution in [1.29, 1.82) is 0 Å². The first-order chi connectivity index (χ1) is 12.6. The molecule has 0 fully saturated rings. The predicted octanol–water partition coefficient (Wildman–Crippen LogP) is -1.38. The fraction of sp³-hybridized carbons (Fsp3) is 0.600. The Kier molecular flexibility index (Phi) is 30.6. The van der Waals surface area contributed by atoms with E-state index in [1.54, 1.807) is 24.3 Å². The molecule has 6 nitrogen and oxygen atoms in total. The Morgan fingerprint density at radius 3 is 2.14 bits per heavy atom. The molecule has 0 aliphatic carbocycles. The number of carbonyl (C=O) groups excluding carboxylic acids is 2. The first-order valence-corrected chi connectivity index (χ1v) is 9.23. The number of hydrogen-bond acceptors (Lipinski definition) is 4. The summed E-state index contributed by atoms with van der Waals surface area (Å²) in [7, 11) is 0. The number of hydrogen-bond donors (Lipinski definition) is 0. The number of benzene rings is 1. The van der Waals surface area contributed by atoms with Gasteiger partial charge in [0.05, 0.1) is 11.8 Å². The number of ether oxygens (including phenoxy) is 2. The summed E-state index contributed by atoms with van der Waals surface area (Å²) >= 11 is 0. The second kappa shape index (κ2) is 25.0. The zero-order chi connectivity index (χ0) is 19.6. The first-order valence-electron chi connectivity index (χ1n) is 9.23. The second-order valence-electron chi connectivity index (χ2n) is 5.73. The van der Waals surface area contributed by atoms with Crippen LogP contribution in [0.25, 0.3) is 10.6 Å². The van der Waals surface area contributed by atoms with Crippen molar-refractivity contribution in [3.05, 3.63) is 41.0 Å². The van der Waals surface area contributed by atoms with Crippen LogP contribution in [0.1, 0.15) is 40.5 Å². The molecule has 0 aliphatic rings. The van der Waals surface area contributed by atoms with Crippen molar-refractivity contribution in [3.63, 3.8) is 0 Å². The molecule has 0 radical (unpaired) electrons. The van der Waals surface area contributed by atoms with E-state index < -0.39 is 11.8 Å². The van der Waals surface area contributed by atoms with E-state index in [4.69, 9.17) is 9.47 Å². The summed E-state index contributed by atoms with van der Waals surface area (Å²) in [6.07, 6.45) is 0.507. The van der Waals surface area contributed by atoms with Crippen LogP contribution in [0.15, 0.2) is 30.3 Å². The van der Waals surface area contributed by atoms with Crippen LogP contribution in [0, 0.1) is 5.92 Å². The van der Waals surface area contributed by atoms with Gasteiger partial charge in [-0.15, -0.1) is 12.2 Å². The van der Waals surface area contributed by atoms with Crippen LogP contribution in [0.2, 0.25) is 0 Å². The number of amides is 2. The molecule has 0 bridgehead atoms. The molecule has 0 heterocycles. The average molecular weight is 535 g/mol. The van der Waals surface area contributed by atoms with Crippen molar-refractivity contribution in [3.8, 4) is 0 Å². The quantitative estimate of drug-likeness (QED) is 0.244. The van der Waals surface area contributed by atoms with E-state index in [0.717, 1.165) is 13.0 Å². The molecule has 0 saturated heterocycles. The average Bonchev–Trinajstić information content (AvgIpc) is 2.62. The summed E-state index contributed by atoms with van der Waals surface area (Å²) in [5.74, 6) is -0.422. The van der Waals surface area contributed by atoms with Crippen molar-refractivity contribution in [2.75, 3.05) is 33.0 Å². The molecule has 148 valence electrons. The Bertz CT molecular complexity index is 488. The third kappa shape index (κ3) is 22.4. The minimum atomic E-state index is -0.488. The van der Waals surface area contributed by atoms with Crippen LogP contribution in [-0.4, -0.2) is 44.8 Å². The first kappa shape index (κ1) is 34.3. The van der Waals surface area contributed by atoms with Crippen molar-refractivity contribution in [1.82, 2.24) is 0 Å². The molecular formula is C20H32N2O4Rb2. The van der Waals surface area contributed by atoms with Gasteiger partial charge in [-0.25, -0.2) is 0 Å². The van der Waals surface area contributed by atoms with Gasteiger partial charge in [0.1, 0.15) is 0 Å². The van der Waals surface area contributed by atoms with Gasteiger partial charge in [0.25, 0.3) is 0 Å². The van der Waals surface area contributed by atoms with E-state index >= 15 is 0 Å². The molecule has 0 aromatic heterocycles. The van der Waals surface area contributed by atoms with E-state index in [1.165, 1.54) is 0 Å². The van der Waals surface area contributed by atoms with Crippen LogP contribution in [0.3, 0.4) is 0 Å². The van der Waals surface area contributed by atoms with Gasteiger partial charge in [0.15, 0.2) is 0 Å². The maximum Gasteiger partial charge on any atom is 1.00 e. The molecule has 1 rings (SSSR count). The van der Waals surface area contributed by atoms with E-state index in [2.05, 4.69) is 24.5 Å². The Balaban J connectivity index is -0.00000151. The molecule has 28 heavy (non-hydrogen) atoms. The second-order valence-corrected chi connectivity index (χ2v) is 5.73. The Hall–Kier alpha value is 1.69. The van der Waals surface area contributed by atoms with E-state index in [0.29, 0.717) is 31.4 Å². The number of para-hydroxylation sites is 1. The van der Waals surface area contributed by atoms with Gasteiger partial charge < -0.3 is 29.7 Å². The summed E-state index contributed by atoms with van der Waals surface area (Å²) in [6, 6.07) is 8.81. The van der Waals surface area contributed by atoms with Gasteiger partial charge in [-0.1, -0.05) is 58.0 Å². The van der Waals surface area contributed by atoms with Gasteiger partial charge >= 0.3 is 116 Å². The minimum Gasteiger partial charge on any atom is -0.651 e. The predicted molar refractivity (Wildman–Crippen MR) is 105 cm³/mol. The fourth-order valence-corrected chi connectivity index (χ4v) is 1.79. The van der Waals surface area contributed by atoms with E-state index in [1.807, 2.05) is 19.9 Å². The zero-order valence-corrected chi connectivity index (χ0v) is 28.3. The number of carbonyl (C=O) groups is 2. The third-order valence-corrected chi connectivity index (χ3v) is 2.86. The van der Waals surface area contributed by atoms with E-state index in [9.17, 15) is 9.59 Å². The maximum absolute atomic E-state index is 11.6. The maximum atomic E-state index is 11.6. The van der Waals surface area contributed by atoms with Gasteiger partial charge in [0.2, 0.25) is 0 Å². The molecule has 0 saturated carbocycles. The monoisotopic (exact) mass is 534 g/mol. The summed E-state index contributed by atoms with van der Waals surface area (Å²) in [6.45, 7) is 10.8. The molecule has 0 atom stereocenters. The summed E-state index contributed by atoms with van der Waals surface area (Å²) in [5, 5.41) is 7.62. The molecule has 0 unspecified atom stereocenters. The van der Waals surface area contributed by atoms with Crippen molar-refractivity contribution in [2.45, 2.75) is 40.5 Å². The molecule has 0 aliphatic heterocycles. The summed E-state index contributed by atoms with van der Waals surface area (Å²) in [4.78, 5) is 23.2. The van der Waals surface area contributed by atoms with Crippen LogP contribution < -0.4 is 116 Å². The number of nitrogens with zero attached hydrogens (tertiary/aromatic N) is 2. The molecule has 8 heteroatoms. The van der Waals surface area contributed by atoms with Crippen LogP contribution in [-0.2, 0) is 19.1 Å². The van der Waals surface area contributed by atoms with Crippen molar-refractivity contribution >= 4 is 17.5 Å². The van der Waals surface area contributed by atoms with Gasteiger partial charge in [-0.05, 0) is 12.3 Å². The fourth-order valence-electron chi connectivity index (χ4n) is 1.79. The molecule has 1 aromatic carbocycles. The third-order valence-electron chi connectivity index (χ3n) is 2.86. The molecule has 1 aromatic rings. The standard InChI is InChI=1S/C18H28N2O4.C2H6.2Rb/c1-15(2)14-24-11-6-10-23-12-9-19-17(21)13-18(22)20-16-7-4-3-5-8-16;1-2;;/h3-5,7-8,15H,6,9-14H2,1-2H3,(H2,19,20,21,22);1-2H3;;/q;;2*+1/p-2. The SMILES string of the molecule is CC.CC(C)COCCCOCC[N-]C(=O)CC(=O)[N-]c1ccccc1.[Rb+].[Rb+]. The summed E-state index contributed by atoms with van der Waals surface area (Å²) < 4.78 is 10.8. The van der Waals surface area contributed by atoms with Crippen LogP contribution in [0.5, 0.6) is 0 Å². The largest absolute Gasteiger partial charge is 1.00 e. The molecule has 0 N–H and O–H groups in total. The van der Waals surface area contributed by atoms with Crippen LogP contribution >= 0.6 is 0 Å². The molecular weight excluding hydrogens is 503 g/mol. The van der Waals surface area contributed by atoms with Gasteiger partial charge in [0, 0.05) is 32.8 Å². The Labute approximate surface area is 268 Å². The van der Waals surface area contributed by atoms with Crippen LogP contribution in [0.4, 0.5) is 5.69 Å². The Morgan fingerprint density at radius 2 is 1.54 bits per heavy atom. The van der Waals surface area contributed by atoms with Gasteiger partial charge in [-0.2, -0.15) is 0 Å². The van der Waals surface area contributed by atoms with Crippen molar-refractivity contribution < 1.29 is 135 Å². The smallest absolute Gasteiger partial charge is 0.651 e. The molecule has 2 amide bonds. The van der Waals surface area contributed by atoms with E-state index in [-0.39, 0.29) is 129 Å². The minimum absolute atomic E-state index is 0.